The van der Waals surface area contributed by atoms with Crippen molar-refractivity contribution in [1.29, 1.82) is 0 Å². The van der Waals surface area contributed by atoms with Crippen molar-refractivity contribution in [3.05, 3.63) is 113 Å². The van der Waals surface area contributed by atoms with Crippen LogP contribution in [0.2, 0.25) is 0 Å². The Morgan fingerprint density at radius 2 is 1.24 bits per heavy atom. The second-order valence-electron chi connectivity index (χ2n) is 11.8. The van der Waals surface area contributed by atoms with E-state index in [-0.39, 0.29) is 37.2 Å². The van der Waals surface area contributed by atoms with Gasteiger partial charge in [-0.1, -0.05) is 30.3 Å². The van der Waals surface area contributed by atoms with E-state index >= 15 is 0 Å². The predicted molar refractivity (Wildman–Crippen MR) is 188 cm³/mol. The standard InChI is InChI=1S/C35H30N2O10S3/c1-19-9-15-30(48(38,39)40)21(3)34(19)36-23-11-13-25-28(17-23)47-29-18-24(37-35-20(2)10-16-31(22(35)4)49(41,42)43)12-14-26(29)33(25)27-7-5-6-8-32(27)50(44,45)46/h5-18,36H,1-4H3,(H,38,39,40)(H,41,42,43)(H,44,45,46). The minimum absolute atomic E-state index is 0.200. The lowest BCUT2D eigenvalue weighted by atomic mass is 9.93. The molecular formula is C35H30N2O10S3. The number of aryl methyl sites for hydroxylation is 2. The maximum atomic E-state index is 12.5. The third-order valence-electron chi connectivity index (χ3n) is 8.41. The van der Waals surface area contributed by atoms with Crippen LogP contribution in [0.25, 0.3) is 33.4 Å². The molecule has 0 atom stereocenters. The predicted octanol–water partition coefficient (Wildman–Crippen LogP) is 7.15. The molecule has 0 fully saturated rings. The highest BCUT2D eigenvalue weighted by atomic mass is 32.2. The van der Waals surface area contributed by atoms with Crippen LogP contribution in [-0.2, 0) is 30.4 Å². The van der Waals surface area contributed by atoms with Crippen LogP contribution >= 0.6 is 0 Å². The Hall–Kier alpha value is -4.90. The summed E-state index contributed by atoms with van der Waals surface area (Å²) in [5.41, 5.74) is 4.49. The molecule has 4 aromatic rings. The smallest absolute Gasteiger partial charge is 0.295 e. The Bertz CT molecular complexity index is 2750. The summed E-state index contributed by atoms with van der Waals surface area (Å²) >= 11 is 0. The van der Waals surface area contributed by atoms with Gasteiger partial charge in [-0.05, 0) is 92.4 Å². The van der Waals surface area contributed by atoms with Crippen molar-refractivity contribution in [2.75, 3.05) is 5.32 Å². The Balaban J connectivity index is 1.63. The zero-order valence-corrected chi connectivity index (χ0v) is 29.4. The van der Waals surface area contributed by atoms with Gasteiger partial charge in [0.25, 0.3) is 30.4 Å². The molecule has 0 spiro atoms. The number of nitrogens with one attached hydrogen (secondary N) is 1. The van der Waals surface area contributed by atoms with Crippen LogP contribution in [0, 0.1) is 27.7 Å². The van der Waals surface area contributed by atoms with Crippen LogP contribution in [-0.4, -0.2) is 38.9 Å². The highest BCUT2D eigenvalue weighted by molar-refractivity contribution is 7.86. The summed E-state index contributed by atoms with van der Waals surface area (Å²) in [7, 11) is -13.7. The zero-order chi connectivity index (χ0) is 36.3. The lowest BCUT2D eigenvalue weighted by Crippen LogP contribution is -2.06. The first-order valence-corrected chi connectivity index (χ1v) is 19.2. The molecule has 15 heteroatoms. The van der Waals surface area contributed by atoms with E-state index in [1.54, 1.807) is 75.4 Å². The first-order chi connectivity index (χ1) is 23.3. The third kappa shape index (κ3) is 6.54. The van der Waals surface area contributed by atoms with Gasteiger partial charge in [0.05, 0.1) is 20.8 Å². The largest absolute Gasteiger partial charge is 0.456 e. The fraction of sp³-hybridized carbons (Fsp3) is 0.114. The lowest BCUT2D eigenvalue weighted by Gasteiger charge is -2.19. The number of rotatable bonds is 7. The van der Waals surface area contributed by atoms with Gasteiger partial charge in [-0.3, -0.25) is 13.7 Å². The SMILES string of the molecule is Cc1ccc(S(=O)(=O)O)c(C)c1N=c1ccc2c(-c3ccccc3S(=O)(=O)O)c3ccc(Nc4c(C)ccc(S(=O)(=O)O)c4C)cc3oc-2c1. The van der Waals surface area contributed by atoms with Gasteiger partial charge in [-0.2, -0.15) is 25.3 Å². The topological polar surface area (TPSA) is 201 Å². The molecule has 0 bridgehead atoms. The molecule has 1 aliphatic heterocycles. The summed E-state index contributed by atoms with van der Waals surface area (Å²) in [4.78, 5) is 3.81. The molecule has 6 rings (SSSR count). The molecule has 2 aliphatic rings. The van der Waals surface area contributed by atoms with Gasteiger partial charge < -0.3 is 9.73 Å². The maximum Gasteiger partial charge on any atom is 0.295 e. The second kappa shape index (κ2) is 12.5. The molecule has 0 saturated carbocycles. The van der Waals surface area contributed by atoms with E-state index in [4.69, 9.17) is 4.42 Å². The van der Waals surface area contributed by atoms with E-state index < -0.39 is 30.4 Å². The van der Waals surface area contributed by atoms with Crippen LogP contribution in [0.5, 0.6) is 0 Å². The minimum Gasteiger partial charge on any atom is -0.456 e. The molecule has 50 heavy (non-hydrogen) atoms. The molecule has 0 amide bonds. The number of hydrogen-bond donors (Lipinski definition) is 4. The number of nitrogens with zero attached hydrogens (tertiary/aromatic N) is 1. The first-order valence-electron chi connectivity index (χ1n) is 14.9. The molecule has 1 heterocycles. The lowest BCUT2D eigenvalue weighted by molar-refractivity contribution is 0.480. The average Bonchev–Trinajstić information content (AvgIpc) is 3.02. The number of anilines is 2. The molecule has 0 radical (unpaired) electrons. The van der Waals surface area contributed by atoms with Gasteiger partial charge in [0.2, 0.25) is 0 Å². The fourth-order valence-corrected chi connectivity index (χ4v) is 8.21. The Labute approximate surface area is 288 Å². The van der Waals surface area contributed by atoms with Crippen molar-refractivity contribution in [2.45, 2.75) is 42.4 Å². The Morgan fingerprint density at radius 3 is 1.90 bits per heavy atom. The number of hydrogen-bond acceptors (Lipinski definition) is 9. The molecule has 4 N–H and O–H groups in total. The van der Waals surface area contributed by atoms with Gasteiger partial charge in [0.1, 0.15) is 16.2 Å². The van der Waals surface area contributed by atoms with E-state index in [0.717, 1.165) is 0 Å². The van der Waals surface area contributed by atoms with E-state index in [2.05, 4.69) is 10.3 Å². The van der Waals surface area contributed by atoms with Gasteiger partial charge in [-0.25, -0.2) is 4.99 Å². The Kier molecular flexibility index (Phi) is 8.70. The van der Waals surface area contributed by atoms with Crippen molar-refractivity contribution in [2.24, 2.45) is 4.99 Å². The molecule has 0 unspecified atom stereocenters. The van der Waals surface area contributed by atoms with Crippen LogP contribution in [0.4, 0.5) is 17.1 Å². The van der Waals surface area contributed by atoms with E-state index in [1.807, 2.05) is 0 Å². The molecule has 4 aromatic carbocycles. The summed E-state index contributed by atoms with van der Waals surface area (Å²) in [6.45, 7) is 6.60. The monoisotopic (exact) mass is 734 g/mol. The van der Waals surface area contributed by atoms with Crippen molar-refractivity contribution < 1.29 is 43.3 Å². The zero-order valence-electron chi connectivity index (χ0n) is 27.0. The van der Waals surface area contributed by atoms with Crippen molar-refractivity contribution >= 4 is 58.4 Å². The van der Waals surface area contributed by atoms with E-state index in [0.29, 0.717) is 55.6 Å². The molecule has 12 nitrogen and oxygen atoms in total. The molecular weight excluding hydrogens is 705 g/mol. The summed E-state index contributed by atoms with van der Waals surface area (Å²) in [5.74, 6) is 0.262. The van der Waals surface area contributed by atoms with Crippen molar-refractivity contribution in [3.8, 4) is 22.5 Å². The fourth-order valence-electron chi connectivity index (χ4n) is 6.06. The maximum absolute atomic E-state index is 12.5. The number of benzene rings is 5. The quantitative estimate of drug-likeness (QED) is 0.0958. The third-order valence-corrected chi connectivity index (χ3v) is 11.3. The summed E-state index contributed by atoms with van der Waals surface area (Å²) < 4.78 is 109. The van der Waals surface area contributed by atoms with Crippen LogP contribution in [0.15, 0.2) is 109 Å². The average molecular weight is 735 g/mol. The van der Waals surface area contributed by atoms with Gasteiger partial charge in [0.15, 0.2) is 0 Å². The van der Waals surface area contributed by atoms with E-state index in [1.165, 1.54) is 37.3 Å². The molecule has 0 saturated heterocycles. The molecule has 258 valence electrons. The highest BCUT2D eigenvalue weighted by Crippen LogP contribution is 2.43. The molecule has 1 aliphatic carbocycles. The van der Waals surface area contributed by atoms with Crippen molar-refractivity contribution in [1.82, 2.24) is 0 Å². The van der Waals surface area contributed by atoms with Crippen LogP contribution in [0.1, 0.15) is 22.3 Å². The normalized spacial score (nSPS) is 12.9. The highest BCUT2D eigenvalue weighted by Gasteiger charge is 2.24. The van der Waals surface area contributed by atoms with Crippen molar-refractivity contribution in [3.63, 3.8) is 0 Å². The van der Waals surface area contributed by atoms with Gasteiger partial charge in [-0.15, -0.1) is 0 Å². The van der Waals surface area contributed by atoms with E-state index in [9.17, 15) is 38.9 Å². The summed E-state index contributed by atoms with van der Waals surface area (Å²) in [5, 5.41) is 4.04. The summed E-state index contributed by atoms with van der Waals surface area (Å²) in [6, 6.07) is 21.6. The second-order valence-corrected chi connectivity index (χ2v) is 15.9. The van der Waals surface area contributed by atoms with Crippen LogP contribution in [0.3, 0.4) is 0 Å². The number of fused-ring (bicyclic) bond motifs is 2. The first kappa shape index (κ1) is 34.9. The molecule has 0 aromatic heterocycles. The van der Waals surface area contributed by atoms with Crippen LogP contribution < -0.4 is 10.7 Å². The Morgan fingerprint density at radius 1 is 0.620 bits per heavy atom. The van der Waals surface area contributed by atoms with Gasteiger partial charge >= 0.3 is 0 Å². The minimum atomic E-state index is -4.67. The summed E-state index contributed by atoms with van der Waals surface area (Å²) in [6.07, 6.45) is 0. The van der Waals surface area contributed by atoms with Gasteiger partial charge in [0, 0.05) is 45.6 Å².